The predicted octanol–water partition coefficient (Wildman–Crippen LogP) is 1.49. The molecule has 0 radical (unpaired) electrons. The van der Waals surface area contributed by atoms with Crippen LogP contribution in [0.5, 0.6) is 11.6 Å². The lowest BCUT2D eigenvalue weighted by Gasteiger charge is -2.14. The van der Waals surface area contributed by atoms with Crippen LogP contribution >= 0.6 is 0 Å². The van der Waals surface area contributed by atoms with E-state index in [1.165, 1.54) is 13.2 Å². The van der Waals surface area contributed by atoms with Crippen LogP contribution in [0, 0.1) is 0 Å². The molecular formula is C18H15N3O5. The maximum atomic E-state index is 12.5. The average molecular weight is 353 g/mol. The Labute approximate surface area is 147 Å². The molecule has 0 aliphatic carbocycles. The number of nitrogens with one attached hydrogen (secondary N) is 2. The van der Waals surface area contributed by atoms with Crippen LogP contribution < -0.4 is 21.3 Å². The normalized spacial score (nSPS) is 10.3. The number of hydrogen-bond acceptors (Lipinski definition) is 5. The highest BCUT2D eigenvalue weighted by atomic mass is 16.5. The average Bonchev–Trinajstić information content (AvgIpc) is 2.62. The van der Waals surface area contributed by atoms with E-state index in [0.29, 0.717) is 5.69 Å². The van der Waals surface area contributed by atoms with Gasteiger partial charge >= 0.3 is 5.69 Å². The van der Waals surface area contributed by atoms with Crippen LogP contribution in [0.4, 0.5) is 5.69 Å². The first-order chi connectivity index (χ1) is 12.5. The summed E-state index contributed by atoms with van der Waals surface area (Å²) in [6.45, 7) is 0. The minimum absolute atomic E-state index is 0.183. The molecule has 1 amide bonds. The lowest BCUT2D eigenvalue weighted by Crippen LogP contribution is -2.34. The van der Waals surface area contributed by atoms with Gasteiger partial charge in [-0.1, -0.05) is 30.3 Å². The minimum atomic E-state index is -0.993. The van der Waals surface area contributed by atoms with Crippen LogP contribution in [0.3, 0.4) is 0 Å². The summed E-state index contributed by atoms with van der Waals surface area (Å²) in [4.78, 5) is 38.8. The third-order valence-corrected chi connectivity index (χ3v) is 3.67. The molecule has 3 rings (SSSR count). The number of anilines is 1. The number of aromatic hydroxyl groups is 1. The number of benzene rings is 2. The number of aromatic amines is 1. The van der Waals surface area contributed by atoms with Crippen molar-refractivity contribution in [1.82, 2.24) is 9.55 Å². The fourth-order valence-corrected chi connectivity index (χ4v) is 2.48. The second-order valence-corrected chi connectivity index (χ2v) is 5.29. The number of methoxy groups -OCH3 is 1. The van der Waals surface area contributed by atoms with Crippen LogP contribution in [0.2, 0.25) is 0 Å². The van der Waals surface area contributed by atoms with E-state index in [9.17, 15) is 19.5 Å². The van der Waals surface area contributed by atoms with Gasteiger partial charge in [-0.3, -0.25) is 14.6 Å². The lowest BCUT2D eigenvalue weighted by atomic mass is 10.2. The highest BCUT2D eigenvalue weighted by Gasteiger charge is 2.23. The Balaban J connectivity index is 2.15. The summed E-state index contributed by atoms with van der Waals surface area (Å²) in [7, 11) is 1.40. The summed E-state index contributed by atoms with van der Waals surface area (Å²) in [5, 5.41) is 13.0. The van der Waals surface area contributed by atoms with Crippen molar-refractivity contribution >= 4 is 11.6 Å². The number of para-hydroxylation sites is 3. The van der Waals surface area contributed by atoms with Gasteiger partial charge in [-0.25, -0.2) is 9.36 Å². The van der Waals surface area contributed by atoms with Crippen LogP contribution in [-0.2, 0) is 0 Å². The highest BCUT2D eigenvalue weighted by Crippen LogP contribution is 2.25. The van der Waals surface area contributed by atoms with Crippen molar-refractivity contribution in [2.24, 2.45) is 0 Å². The summed E-state index contributed by atoms with van der Waals surface area (Å²) in [5.41, 5.74) is -1.85. The fourth-order valence-electron chi connectivity index (χ4n) is 2.48. The Hall–Kier alpha value is -3.81. The van der Waals surface area contributed by atoms with Crippen LogP contribution in [-0.4, -0.2) is 27.7 Å². The van der Waals surface area contributed by atoms with E-state index in [1.54, 1.807) is 48.5 Å². The Morgan fingerprint density at radius 3 is 2.42 bits per heavy atom. The Morgan fingerprint density at radius 1 is 1.08 bits per heavy atom. The number of amides is 1. The molecule has 26 heavy (non-hydrogen) atoms. The zero-order valence-electron chi connectivity index (χ0n) is 13.7. The second-order valence-electron chi connectivity index (χ2n) is 5.29. The molecule has 0 aliphatic heterocycles. The molecule has 0 bridgehead atoms. The van der Waals surface area contributed by atoms with Crippen LogP contribution in [0.25, 0.3) is 5.69 Å². The smallest absolute Gasteiger partial charge is 0.335 e. The minimum Gasteiger partial charge on any atom is -0.495 e. The topological polar surface area (TPSA) is 113 Å². The molecule has 1 aromatic heterocycles. The number of ether oxygens (including phenoxy) is 1. The van der Waals surface area contributed by atoms with Gasteiger partial charge in [-0.2, -0.15) is 0 Å². The summed E-state index contributed by atoms with van der Waals surface area (Å²) in [5.74, 6) is -1.35. The van der Waals surface area contributed by atoms with E-state index < -0.39 is 28.6 Å². The van der Waals surface area contributed by atoms with Gasteiger partial charge in [0.2, 0.25) is 5.88 Å². The second kappa shape index (κ2) is 6.98. The molecule has 132 valence electrons. The van der Waals surface area contributed by atoms with Crippen LogP contribution in [0.15, 0.2) is 64.2 Å². The van der Waals surface area contributed by atoms with Gasteiger partial charge in [-0.15, -0.1) is 0 Å². The van der Waals surface area contributed by atoms with Crippen molar-refractivity contribution < 1.29 is 14.6 Å². The monoisotopic (exact) mass is 353 g/mol. The molecule has 0 spiro atoms. The van der Waals surface area contributed by atoms with E-state index in [-0.39, 0.29) is 11.4 Å². The number of aromatic nitrogens is 2. The molecule has 0 atom stereocenters. The maximum absolute atomic E-state index is 12.5. The molecule has 0 saturated carbocycles. The summed E-state index contributed by atoms with van der Waals surface area (Å²) in [6, 6.07) is 14.8. The van der Waals surface area contributed by atoms with E-state index in [1.807, 2.05) is 4.98 Å². The predicted molar refractivity (Wildman–Crippen MR) is 95.3 cm³/mol. The van der Waals surface area contributed by atoms with Gasteiger partial charge < -0.3 is 15.2 Å². The van der Waals surface area contributed by atoms with Crippen molar-refractivity contribution in [3.05, 3.63) is 81.0 Å². The molecule has 3 aromatic rings. The number of carbonyl (C=O) groups is 1. The first-order valence-electron chi connectivity index (χ1n) is 7.61. The highest BCUT2D eigenvalue weighted by molar-refractivity contribution is 6.05. The molecular weight excluding hydrogens is 338 g/mol. The molecule has 2 aromatic carbocycles. The van der Waals surface area contributed by atoms with Gasteiger partial charge in [-0.05, 0) is 24.3 Å². The van der Waals surface area contributed by atoms with Crippen molar-refractivity contribution in [2.75, 3.05) is 12.4 Å². The van der Waals surface area contributed by atoms with Gasteiger partial charge in [0, 0.05) is 5.69 Å². The summed E-state index contributed by atoms with van der Waals surface area (Å²) >= 11 is 0. The first kappa shape index (κ1) is 17.0. The van der Waals surface area contributed by atoms with Crippen molar-refractivity contribution in [2.45, 2.75) is 0 Å². The summed E-state index contributed by atoms with van der Waals surface area (Å²) in [6.07, 6.45) is 0. The third kappa shape index (κ3) is 3.07. The first-order valence-corrected chi connectivity index (χ1v) is 7.61. The molecule has 0 aliphatic rings. The lowest BCUT2D eigenvalue weighted by molar-refractivity contribution is 0.102. The molecule has 8 nitrogen and oxygen atoms in total. The number of hydrogen-bond donors (Lipinski definition) is 3. The van der Waals surface area contributed by atoms with Crippen LogP contribution in [0.1, 0.15) is 10.4 Å². The standard InChI is InChI=1S/C18H15N3O5/c1-26-13-10-6-5-9-12(13)21-17(24)14(16(23)20-18(21)25)15(22)19-11-7-3-2-4-8-11/h2-10,24H,1H3,(H,19,22)(H,20,23,25). The van der Waals surface area contributed by atoms with Gasteiger partial charge in [0.05, 0.1) is 12.8 Å². The van der Waals surface area contributed by atoms with Crippen molar-refractivity contribution in [3.8, 4) is 17.3 Å². The molecule has 3 N–H and O–H groups in total. The van der Waals surface area contributed by atoms with E-state index in [4.69, 9.17) is 4.74 Å². The number of H-pyrrole nitrogens is 1. The molecule has 0 unspecified atom stereocenters. The largest absolute Gasteiger partial charge is 0.495 e. The molecule has 8 heteroatoms. The fraction of sp³-hybridized carbons (Fsp3) is 0.0556. The SMILES string of the molecule is COc1ccccc1-n1c(O)c(C(=O)Nc2ccccc2)c(=O)[nH]c1=O. The molecule has 0 fully saturated rings. The van der Waals surface area contributed by atoms with Gasteiger partial charge in [0.1, 0.15) is 5.75 Å². The molecule has 0 saturated heterocycles. The number of rotatable bonds is 4. The third-order valence-electron chi connectivity index (χ3n) is 3.67. The number of carbonyl (C=O) groups excluding carboxylic acids is 1. The Kier molecular flexibility index (Phi) is 4.57. The molecule has 1 heterocycles. The number of nitrogens with zero attached hydrogens (tertiary/aromatic N) is 1. The van der Waals surface area contributed by atoms with Gasteiger partial charge in [0.15, 0.2) is 5.56 Å². The zero-order chi connectivity index (χ0) is 18.7. The van der Waals surface area contributed by atoms with Crippen molar-refractivity contribution in [3.63, 3.8) is 0 Å². The quantitative estimate of drug-likeness (QED) is 0.658. The van der Waals surface area contributed by atoms with E-state index in [2.05, 4.69) is 5.32 Å². The van der Waals surface area contributed by atoms with E-state index >= 15 is 0 Å². The van der Waals surface area contributed by atoms with Crippen molar-refractivity contribution in [1.29, 1.82) is 0 Å². The summed E-state index contributed by atoms with van der Waals surface area (Å²) < 4.78 is 5.98. The Morgan fingerprint density at radius 2 is 1.73 bits per heavy atom. The van der Waals surface area contributed by atoms with E-state index in [0.717, 1.165) is 4.57 Å². The van der Waals surface area contributed by atoms with Gasteiger partial charge in [0.25, 0.3) is 11.5 Å². The Bertz CT molecular complexity index is 1070. The zero-order valence-corrected chi connectivity index (χ0v) is 13.7. The maximum Gasteiger partial charge on any atom is 0.335 e.